The molecule has 1 aromatic heterocycles. The van der Waals surface area contributed by atoms with Crippen molar-refractivity contribution in [2.24, 2.45) is 0 Å². The van der Waals surface area contributed by atoms with E-state index in [9.17, 15) is 9.90 Å². The Morgan fingerprint density at radius 3 is 2.68 bits per heavy atom. The van der Waals surface area contributed by atoms with Crippen LogP contribution in [0.15, 0.2) is 70.8 Å². The second kappa shape index (κ2) is 10.9. The summed E-state index contributed by atoms with van der Waals surface area (Å²) < 4.78 is 5.21. The number of aryl methyl sites for hydroxylation is 1. The van der Waals surface area contributed by atoms with E-state index in [0.29, 0.717) is 5.76 Å². The maximum atomic E-state index is 11.4. The molecule has 4 rings (SSSR count). The van der Waals surface area contributed by atoms with E-state index in [1.165, 1.54) is 23.3 Å². The monoisotopic (exact) mass is 456 g/mol. The highest BCUT2D eigenvalue weighted by Crippen LogP contribution is 2.36. The number of hydrogen-bond acceptors (Lipinski definition) is 6. The molecule has 7 heteroatoms. The van der Waals surface area contributed by atoms with Crippen molar-refractivity contribution in [3.05, 3.63) is 81.2 Å². The number of nitrogens with zero attached hydrogens (tertiary/aromatic N) is 2. The molecule has 0 spiro atoms. The third-order valence-electron chi connectivity index (χ3n) is 5.52. The number of benzene rings is 1. The Bertz CT molecular complexity index is 906. The number of thiophene rings is 1. The van der Waals surface area contributed by atoms with Crippen molar-refractivity contribution in [1.29, 1.82) is 0 Å². The van der Waals surface area contributed by atoms with Gasteiger partial charge in [0.2, 0.25) is 0 Å². The smallest absolute Gasteiger partial charge is 0.449 e. The van der Waals surface area contributed by atoms with E-state index in [1.54, 1.807) is 23.1 Å². The van der Waals surface area contributed by atoms with Crippen molar-refractivity contribution in [2.75, 3.05) is 18.8 Å². The van der Waals surface area contributed by atoms with Crippen LogP contribution < -0.4 is 0 Å². The summed E-state index contributed by atoms with van der Waals surface area (Å²) in [5, 5.41) is 12.3. The van der Waals surface area contributed by atoms with Crippen LogP contribution in [-0.2, 0) is 17.7 Å². The first-order valence-corrected chi connectivity index (χ1v) is 12.6. The van der Waals surface area contributed by atoms with Gasteiger partial charge in [-0.05, 0) is 60.6 Å². The molecule has 3 heterocycles. The number of rotatable bonds is 9. The molecule has 0 radical (unpaired) electrons. The van der Waals surface area contributed by atoms with E-state index in [4.69, 9.17) is 4.74 Å². The Morgan fingerprint density at radius 2 is 1.97 bits per heavy atom. The zero-order valence-electron chi connectivity index (χ0n) is 17.5. The molecule has 1 fully saturated rings. The molecule has 0 saturated carbocycles. The zero-order valence-corrected chi connectivity index (χ0v) is 19.1. The Morgan fingerprint density at radius 1 is 1.16 bits per heavy atom. The molecule has 2 aliphatic heterocycles. The van der Waals surface area contributed by atoms with Crippen molar-refractivity contribution in [3.8, 4) is 0 Å². The number of carboxylic acid groups (broad SMARTS) is 1. The quantitative estimate of drug-likeness (QED) is 0.382. The van der Waals surface area contributed by atoms with Crippen LogP contribution in [0.3, 0.4) is 0 Å². The van der Waals surface area contributed by atoms with Crippen molar-refractivity contribution in [2.45, 2.75) is 38.4 Å². The second-order valence-electron chi connectivity index (χ2n) is 7.70. The largest absolute Gasteiger partial charge is 0.511 e. The summed E-state index contributed by atoms with van der Waals surface area (Å²) in [7, 11) is 0. The summed E-state index contributed by atoms with van der Waals surface area (Å²) >= 11 is 3.43. The van der Waals surface area contributed by atoms with Crippen LogP contribution in [0, 0.1) is 0 Å². The first-order valence-electron chi connectivity index (χ1n) is 10.7. The molecule has 1 N–H and O–H groups in total. The van der Waals surface area contributed by atoms with Crippen LogP contribution in [0.5, 0.6) is 0 Å². The molecule has 0 aliphatic carbocycles. The molecule has 1 saturated heterocycles. The maximum absolute atomic E-state index is 11.4. The fourth-order valence-electron chi connectivity index (χ4n) is 4.09. The summed E-state index contributed by atoms with van der Waals surface area (Å²) in [6.07, 6.45) is 7.24. The van der Waals surface area contributed by atoms with Gasteiger partial charge in [0.05, 0.1) is 6.54 Å². The molecule has 1 unspecified atom stereocenters. The third-order valence-corrected chi connectivity index (χ3v) is 7.58. The van der Waals surface area contributed by atoms with Crippen LogP contribution >= 0.6 is 23.1 Å². The zero-order chi connectivity index (χ0) is 21.5. The second-order valence-corrected chi connectivity index (χ2v) is 9.81. The molecular weight excluding hydrogens is 428 g/mol. The van der Waals surface area contributed by atoms with Gasteiger partial charge < -0.3 is 14.7 Å². The predicted molar refractivity (Wildman–Crippen MR) is 127 cm³/mol. The van der Waals surface area contributed by atoms with Crippen LogP contribution in [0.4, 0.5) is 4.79 Å². The Labute approximate surface area is 192 Å². The topological polar surface area (TPSA) is 53.0 Å². The lowest BCUT2D eigenvalue weighted by Crippen LogP contribution is -2.46. The highest BCUT2D eigenvalue weighted by atomic mass is 32.2. The first kappa shape index (κ1) is 22.0. The van der Waals surface area contributed by atoms with Gasteiger partial charge in [0, 0.05) is 18.0 Å². The molecule has 2 aromatic rings. The normalized spacial score (nSPS) is 19.2. The minimum Gasteiger partial charge on any atom is -0.449 e. The summed E-state index contributed by atoms with van der Waals surface area (Å²) in [5.74, 6) is 1.34. The lowest BCUT2D eigenvalue weighted by atomic mass is 10.1. The van der Waals surface area contributed by atoms with Gasteiger partial charge in [-0.25, -0.2) is 4.79 Å². The molecule has 1 aromatic carbocycles. The Balaban J connectivity index is 1.53. The standard InChI is InChI=1S/C24H28N2O3S2/c27-24(28)29-21-12-13-22(25-14-4-5-15-25)26(18-20-11-7-16-30-20)23(21)31-17-6-10-19-8-2-1-3-9-19/h1-3,7-9,11-13,16,22H,4-6,10,14-15,17-18H2,(H,27,28). The summed E-state index contributed by atoms with van der Waals surface area (Å²) in [6.45, 7) is 2.88. The molecular formula is C24H28N2O3S2. The number of allylic oxidation sites excluding steroid dienone is 1. The van der Waals surface area contributed by atoms with Gasteiger partial charge in [0.25, 0.3) is 0 Å². The maximum Gasteiger partial charge on any atom is 0.511 e. The van der Waals surface area contributed by atoms with Gasteiger partial charge in [-0.2, -0.15) is 0 Å². The van der Waals surface area contributed by atoms with Crippen molar-refractivity contribution in [3.63, 3.8) is 0 Å². The lowest BCUT2D eigenvalue weighted by molar-refractivity contribution is 0.101. The van der Waals surface area contributed by atoms with Gasteiger partial charge in [-0.1, -0.05) is 36.4 Å². The SMILES string of the molecule is O=C(O)OC1=C(SCCCc2ccccc2)N(Cc2cccs2)C(N2CCCC2)C=C1. The Hall–Kier alpha value is -2.22. The first-order chi connectivity index (χ1) is 15.2. The van der Waals surface area contributed by atoms with Gasteiger partial charge in [-0.3, -0.25) is 4.90 Å². The minimum atomic E-state index is -1.27. The van der Waals surface area contributed by atoms with E-state index in [2.05, 4.69) is 57.7 Å². The van der Waals surface area contributed by atoms with E-state index in [1.807, 2.05) is 12.1 Å². The number of ether oxygens (including phenoxy) is 1. The molecule has 0 bridgehead atoms. The van der Waals surface area contributed by atoms with E-state index < -0.39 is 6.16 Å². The average Bonchev–Trinajstić information content (AvgIpc) is 3.47. The van der Waals surface area contributed by atoms with Crippen molar-refractivity contribution < 1.29 is 14.6 Å². The highest BCUT2D eigenvalue weighted by molar-refractivity contribution is 8.03. The van der Waals surface area contributed by atoms with Crippen LogP contribution in [0.25, 0.3) is 0 Å². The van der Waals surface area contributed by atoms with Gasteiger partial charge in [-0.15, -0.1) is 23.1 Å². The molecule has 0 amide bonds. The fourth-order valence-corrected chi connectivity index (χ4v) is 5.86. The van der Waals surface area contributed by atoms with Crippen LogP contribution in [0.2, 0.25) is 0 Å². The summed E-state index contributed by atoms with van der Waals surface area (Å²) in [4.78, 5) is 17.4. The average molecular weight is 457 g/mol. The van der Waals surface area contributed by atoms with E-state index >= 15 is 0 Å². The molecule has 31 heavy (non-hydrogen) atoms. The van der Waals surface area contributed by atoms with Gasteiger partial charge >= 0.3 is 6.16 Å². The molecule has 5 nitrogen and oxygen atoms in total. The number of likely N-dealkylation sites (tertiary alicyclic amines) is 1. The number of hydrogen-bond donors (Lipinski definition) is 1. The number of carbonyl (C=O) groups is 1. The van der Waals surface area contributed by atoms with Crippen LogP contribution in [-0.4, -0.2) is 46.1 Å². The summed E-state index contributed by atoms with van der Waals surface area (Å²) in [5.41, 5.74) is 1.33. The molecule has 2 aliphatic rings. The summed E-state index contributed by atoms with van der Waals surface area (Å²) in [6, 6.07) is 14.7. The number of thioether (sulfide) groups is 1. The van der Waals surface area contributed by atoms with Gasteiger partial charge in [0.15, 0.2) is 5.76 Å². The van der Waals surface area contributed by atoms with E-state index in [-0.39, 0.29) is 6.17 Å². The molecule has 1 atom stereocenters. The van der Waals surface area contributed by atoms with E-state index in [0.717, 1.165) is 43.3 Å². The van der Waals surface area contributed by atoms with Crippen LogP contribution in [0.1, 0.15) is 29.7 Å². The van der Waals surface area contributed by atoms with Crippen molar-refractivity contribution in [1.82, 2.24) is 9.80 Å². The third kappa shape index (κ3) is 5.93. The minimum absolute atomic E-state index is 0.127. The predicted octanol–water partition coefficient (Wildman–Crippen LogP) is 5.77. The lowest BCUT2D eigenvalue weighted by Gasteiger charge is -2.40. The fraction of sp³-hybridized carbons (Fsp3) is 0.375. The molecule has 164 valence electrons. The van der Waals surface area contributed by atoms with Crippen molar-refractivity contribution >= 4 is 29.3 Å². The Kier molecular flexibility index (Phi) is 7.72. The highest BCUT2D eigenvalue weighted by Gasteiger charge is 2.32. The van der Waals surface area contributed by atoms with Gasteiger partial charge in [0.1, 0.15) is 11.2 Å².